The van der Waals surface area contributed by atoms with Crippen molar-refractivity contribution in [2.24, 2.45) is 0 Å². The number of aliphatic hydroxyl groups is 2. The Morgan fingerprint density at radius 1 is 0.438 bits per heavy atom. The van der Waals surface area contributed by atoms with Crippen molar-refractivity contribution in [1.82, 2.24) is 0 Å². The van der Waals surface area contributed by atoms with E-state index in [2.05, 4.69) is 62.5 Å². The van der Waals surface area contributed by atoms with Gasteiger partial charge in [-0.3, -0.25) is 0 Å². The molecular formula is C30H54O2. The summed E-state index contributed by atoms with van der Waals surface area (Å²) in [5.41, 5.74) is 0. The highest BCUT2D eigenvalue weighted by atomic mass is 16.3. The minimum absolute atomic E-state index is 0.557. The van der Waals surface area contributed by atoms with Gasteiger partial charge < -0.3 is 10.2 Å². The number of hydrogen-bond donors (Lipinski definition) is 2. The number of hydrogen-bond acceptors (Lipinski definition) is 2. The van der Waals surface area contributed by atoms with Crippen LogP contribution in [-0.4, -0.2) is 22.4 Å². The van der Waals surface area contributed by atoms with Gasteiger partial charge in [-0.15, -0.1) is 0 Å². The second-order valence-corrected chi connectivity index (χ2v) is 9.05. The highest BCUT2D eigenvalue weighted by molar-refractivity contribution is 4.93. The Hall–Kier alpha value is -1.12. The molecule has 0 aromatic rings. The van der Waals surface area contributed by atoms with Gasteiger partial charge in [-0.05, 0) is 70.6 Å². The summed E-state index contributed by atoms with van der Waals surface area (Å²) in [7, 11) is 0. The summed E-state index contributed by atoms with van der Waals surface area (Å²) in [5.74, 6) is 0. The third kappa shape index (κ3) is 23.5. The minimum Gasteiger partial charge on any atom is -0.390 e. The predicted molar refractivity (Wildman–Crippen MR) is 143 cm³/mol. The topological polar surface area (TPSA) is 40.5 Å². The van der Waals surface area contributed by atoms with Crippen LogP contribution in [0, 0.1) is 0 Å². The van der Waals surface area contributed by atoms with E-state index < -0.39 is 12.2 Å². The van der Waals surface area contributed by atoms with Crippen LogP contribution in [0.3, 0.4) is 0 Å². The van der Waals surface area contributed by atoms with Crippen LogP contribution in [0.1, 0.15) is 129 Å². The molecular weight excluding hydrogens is 392 g/mol. The number of aliphatic hydroxyl groups excluding tert-OH is 2. The third-order valence-electron chi connectivity index (χ3n) is 5.83. The first-order chi connectivity index (χ1) is 15.7. The van der Waals surface area contributed by atoms with Crippen LogP contribution in [0.5, 0.6) is 0 Å². The molecule has 0 saturated carbocycles. The van der Waals surface area contributed by atoms with E-state index in [0.717, 1.165) is 64.2 Å². The first-order valence-corrected chi connectivity index (χ1v) is 13.7. The maximum atomic E-state index is 10.2. The first-order valence-electron chi connectivity index (χ1n) is 13.7. The van der Waals surface area contributed by atoms with Crippen molar-refractivity contribution in [3.8, 4) is 0 Å². The Morgan fingerprint density at radius 3 is 1.25 bits per heavy atom. The first kappa shape index (κ1) is 30.9. The van der Waals surface area contributed by atoms with Gasteiger partial charge in [-0.2, -0.15) is 0 Å². The summed E-state index contributed by atoms with van der Waals surface area (Å²) in [6.07, 6.45) is 36.9. The van der Waals surface area contributed by atoms with Crippen LogP contribution >= 0.6 is 0 Å². The van der Waals surface area contributed by atoms with Crippen molar-refractivity contribution in [2.75, 3.05) is 0 Å². The fourth-order valence-corrected chi connectivity index (χ4v) is 3.66. The van der Waals surface area contributed by atoms with Crippen LogP contribution in [0.2, 0.25) is 0 Å². The second kappa shape index (κ2) is 26.1. The van der Waals surface area contributed by atoms with Crippen LogP contribution in [0.25, 0.3) is 0 Å². The normalized spacial score (nSPS) is 14.5. The van der Waals surface area contributed by atoms with Crippen molar-refractivity contribution >= 4 is 0 Å². The zero-order chi connectivity index (χ0) is 23.5. The molecule has 2 atom stereocenters. The molecule has 0 aliphatic heterocycles. The quantitative estimate of drug-likeness (QED) is 0.121. The van der Waals surface area contributed by atoms with Crippen LogP contribution in [0.15, 0.2) is 48.6 Å². The Bertz CT molecular complexity index is 475. The molecule has 2 nitrogen and oxygen atoms in total. The largest absolute Gasteiger partial charge is 0.390 e. The summed E-state index contributed by atoms with van der Waals surface area (Å²) < 4.78 is 0. The lowest BCUT2D eigenvalue weighted by Gasteiger charge is -2.17. The smallest absolute Gasteiger partial charge is 0.0799 e. The zero-order valence-corrected chi connectivity index (χ0v) is 21.4. The van der Waals surface area contributed by atoms with Gasteiger partial charge in [-0.1, -0.05) is 107 Å². The predicted octanol–water partition coefficient (Wildman–Crippen LogP) is 8.99. The van der Waals surface area contributed by atoms with Crippen LogP contribution in [-0.2, 0) is 0 Å². The summed E-state index contributed by atoms with van der Waals surface area (Å²) in [6.45, 7) is 4.44. The Kier molecular flexibility index (Phi) is 25.2. The average molecular weight is 447 g/mol. The minimum atomic E-state index is -0.557. The lowest BCUT2D eigenvalue weighted by molar-refractivity contribution is 0.00718. The van der Waals surface area contributed by atoms with E-state index in [9.17, 15) is 10.2 Å². The monoisotopic (exact) mass is 446 g/mol. The molecule has 32 heavy (non-hydrogen) atoms. The lowest BCUT2D eigenvalue weighted by atomic mass is 10.00. The fraction of sp³-hybridized carbons (Fsp3) is 0.733. The van der Waals surface area contributed by atoms with Gasteiger partial charge in [0.2, 0.25) is 0 Å². The van der Waals surface area contributed by atoms with Gasteiger partial charge in [0, 0.05) is 0 Å². The summed E-state index contributed by atoms with van der Waals surface area (Å²) >= 11 is 0. The Balaban J connectivity index is 3.50. The summed E-state index contributed by atoms with van der Waals surface area (Å²) in [5, 5.41) is 20.3. The molecule has 2 N–H and O–H groups in total. The molecule has 0 bridgehead atoms. The molecule has 0 amide bonds. The molecule has 0 rings (SSSR count). The maximum Gasteiger partial charge on any atom is 0.0799 e. The van der Waals surface area contributed by atoms with Gasteiger partial charge in [0.15, 0.2) is 0 Å². The Labute approximate surface area is 200 Å². The molecule has 0 aromatic heterocycles. The van der Waals surface area contributed by atoms with E-state index in [1.54, 1.807) is 0 Å². The van der Waals surface area contributed by atoms with Gasteiger partial charge >= 0.3 is 0 Å². The van der Waals surface area contributed by atoms with E-state index in [-0.39, 0.29) is 0 Å². The van der Waals surface area contributed by atoms with Crippen LogP contribution in [0.4, 0.5) is 0 Å². The molecule has 0 aliphatic rings. The third-order valence-corrected chi connectivity index (χ3v) is 5.83. The van der Waals surface area contributed by atoms with Crippen LogP contribution < -0.4 is 0 Å². The number of rotatable bonds is 23. The highest BCUT2D eigenvalue weighted by Crippen LogP contribution is 2.14. The van der Waals surface area contributed by atoms with Gasteiger partial charge in [0.05, 0.1) is 12.2 Å². The molecule has 0 radical (unpaired) electrons. The molecule has 0 aliphatic carbocycles. The fourth-order valence-electron chi connectivity index (χ4n) is 3.66. The highest BCUT2D eigenvalue weighted by Gasteiger charge is 2.14. The van der Waals surface area contributed by atoms with Gasteiger partial charge in [0.1, 0.15) is 0 Å². The van der Waals surface area contributed by atoms with E-state index in [4.69, 9.17) is 0 Å². The molecule has 0 aromatic carbocycles. The molecule has 0 spiro atoms. The lowest BCUT2D eigenvalue weighted by Crippen LogP contribution is -2.25. The van der Waals surface area contributed by atoms with Crippen molar-refractivity contribution in [3.05, 3.63) is 48.6 Å². The molecule has 186 valence electrons. The Morgan fingerprint density at radius 2 is 0.844 bits per heavy atom. The number of allylic oxidation sites excluding steroid dienone is 8. The van der Waals surface area contributed by atoms with E-state index >= 15 is 0 Å². The standard InChI is InChI=1S/C30H54O2/c1-3-5-7-9-11-13-15-16-18-20-22-24-26-28-30(32)29(31)27-25-23-21-19-17-14-12-10-8-6-4-2/h8,10-11,13-14,16-18,29-32H,3-7,9,12,15,19-28H2,1-2H3. The maximum absolute atomic E-state index is 10.2. The van der Waals surface area contributed by atoms with E-state index in [0.29, 0.717) is 0 Å². The van der Waals surface area contributed by atoms with Gasteiger partial charge in [0.25, 0.3) is 0 Å². The second-order valence-electron chi connectivity index (χ2n) is 9.05. The molecule has 2 unspecified atom stereocenters. The van der Waals surface area contributed by atoms with Crippen molar-refractivity contribution in [1.29, 1.82) is 0 Å². The molecule has 2 heteroatoms. The van der Waals surface area contributed by atoms with Gasteiger partial charge in [-0.25, -0.2) is 0 Å². The average Bonchev–Trinajstić information content (AvgIpc) is 2.80. The van der Waals surface area contributed by atoms with Crippen molar-refractivity contribution < 1.29 is 10.2 Å². The summed E-state index contributed by atoms with van der Waals surface area (Å²) in [6, 6.07) is 0. The molecule has 0 saturated heterocycles. The van der Waals surface area contributed by atoms with Crippen molar-refractivity contribution in [3.63, 3.8) is 0 Å². The molecule has 0 fully saturated rings. The van der Waals surface area contributed by atoms with Crippen molar-refractivity contribution in [2.45, 2.75) is 142 Å². The zero-order valence-electron chi connectivity index (χ0n) is 21.4. The van der Waals surface area contributed by atoms with E-state index in [1.165, 1.54) is 51.4 Å². The number of unbranched alkanes of at least 4 members (excludes halogenated alkanes) is 10. The molecule has 0 heterocycles. The SMILES string of the molecule is CCCC=CCC=CCCCCCC(O)C(O)CCCCCC=CCC=CCCCCC. The van der Waals surface area contributed by atoms with E-state index in [1.807, 2.05) is 0 Å². The summed E-state index contributed by atoms with van der Waals surface area (Å²) in [4.78, 5) is 0.